The molecule has 1 heterocycles. The lowest BCUT2D eigenvalue weighted by atomic mass is 10.0. The molecule has 0 bridgehead atoms. The molecule has 0 saturated carbocycles. The maximum atomic E-state index is 12.9. The number of benzene rings is 2. The summed E-state index contributed by atoms with van der Waals surface area (Å²) in [6.45, 7) is 8.23. The molecular weight excluding hydrogens is 388 g/mol. The predicted octanol–water partition coefficient (Wildman–Crippen LogP) is 5.39. The van der Waals surface area contributed by atoms with Crippen LogP contribution in [0.25, 0.3) is 0 Å². The van der Waals surface area contributed by atoms with Gasteiger partial charge in [0, 0.05) is 29.8 Å². The van der Waals surface area contributed by atoms with Gasteiger partial charge < -0.3 is 15.5 Å². The average molecular weight is 415 g/mol. The van der Waals surface area contributed by atoms with Crippen LogP contribution in [0.2, 0.25) is 5.02 Å². The van der Waals surface area contributed by atoms with E-state index in [4.69, 9.17) is 11.6 Å². The summed E-state index contributed by atoms with van der Waals surface area (Å²) >= 11 is 6.15. The summed E-state index contributed by atoms with van der Waals surface area (Å²) in [6, 6.07) is 12.6. The van der Waals surface area contributed by atoms with Crippen molar-refractivity contribution in [3.05, 3.63) is 58.6 Å². The number of nitrogens with one attached hydrogen (secondary N) is 2. The zero-order valence-corrected chi connectivity index (χ0v) is 18.2. The van der Waals surface area contributed by atoms with Gasteiger partial charge in [0.2, 0.25) is 0 Å². The minimum absolute atomic E-state index is 0.0730. The van der Waals surface area contributed by atoms with Gasteiger partial charge in [-0.05, 0) is 69.2 Å². The number of amides is 4. The van der Waals surface area contributed by atoms with E-state index in [-0.39, 0.29) is 23.6 Å². The van der Waals surface area contributed by atoms with Crippen molar-refractivity contribution in [2.24, 2.45) is 0 Å². The van der Waals surface area contributed by atoms with Crippen LogP contribution in [0.15, 0.2) is 42.5 Å². The van der Waals surface area contributed by atoms with Crippen LogP contribution in [0.5, 0.6) is 0 Å². The van der Waals surface area contributed by atoms with Gasteiger partial charge >= 0.3 is 12.1 Å². The van der Waals surface area contributed by atoms with Crippen LogP contribution in [0.4, 0.5) is 21.0 Å². The Balaban J connectivity index is 1.90. The van der Waals surface area contributed by atoms with Gasteiger partial charge in [-0.25, -0.2) is 9.59 Å². The molecule has 0 saturated heterocycles. The maximum absolute atomic E-state index is 12.9. The molecule has 6 nitrogen and oxygen atoms in total. The van der Waals surface area contributed by atoms with E-state index in [9.17, 15) is 9.59 Å². The van der Waals surface area contributed by atoms with Gasteiger partial charge in [0.25, 0.3) is 0 Å². The Labute approximate surface area is 176 Å². The van der Waals surface area contributed by atoms with E-state index in [1.165, 1.54) is 0 Å². The summed E-state index contributed by atoms with van der Waals surface area (Å²) in [5.41, 5.74) is 3.12. The molecule has 1 unspecified atom stereocenters. The van der Waals surface area contributed by atoms with Crippen LogP contribution in [-0.4, -0.2) is 29.5 Å². The Kier molecular flexibility index (Phi) is 5.75. The number of halogens is 1. The van der Waals surface area contributed by atoms with E-state index in [1.807, 2.05) is 70.2 Å². The van der Waals surface area contributed by atoms with Gasteiger partial charge in [0.05, 0.1) is 11.7 Å². The number of fused-ring (bicyclic) bond motifs is 1. The zero-order chi connectivity index (χ0) is 21.3. The van der Waals surface area contributed by atoms with E-state index in [1.54, 1.807) is 16.8 Å². The topological polar surface area (TPSA) is 64.7 Å². The zero-order valence-electron chi connectivity index (χ0n) is 17.4. The van der Waals surface area contributed by atoms with E-state index < -0.39 is 0 Å². The smallest absolute Gasteiger partial charge is 0.325 e. The summed E-state index contributed by atoms with van der Waals surface area (Å²) < 4.78 is 0. The number of urea groups is 2. The summed E-state index contributed by atoms with van der Waals surface area (Å²) in [5, 5.41) is 6.38. The van der Waals surface area contributed by atoms with Crippen molar-refractivity contribution in [2.75, 3.05) is 17.3 Å². The molecule has 0 aromatic heterocycles. The highest BCUT2D eigenvalue weighted by molar-refractivity contribution is 6.30. The van der Waals surface area contributed by atoms with E-state index in [0.29, 0.717) is 17.3 Å². The molecule has 0 spiro atoms. The molecule has 0 radical (unpaired) electrons. The Morgan fingerprint density at radius 1 is 1.17 bits per heavy atom. The molecule has 0 aliphatic carbocycles. The van der Waals surface area contributed by atoms with Crippen molar-refractivity contribution in [3.63, 3.8) is 0 Å². The van der Waals surface area contributed by atoms with Crippen molar-refractivity contribution >= 4 is 35.0 Å². The highest BCUT2D eigenvalue weighted by Crippen LogP contribution is 2.36. The van der Waals surface area contributed by atoms with Crippen molar-refractivity contribution in [1.29, 1.82) is 0 Å². The lowest BCUT2D eigenvalue weighted by Gasteiger charge is -2.39. The quantitative estimate of drug-likeness (QED) is 0.706. The highest BCUT2D eigenvalue weighted by Gasteiger charge is 2.32. The van der Waals surface area contributed by atoms with Crippen LogP contribution < -0.4 is 15.5 Å². The minimum atomic E-state index is -0.325. The second-order valence-electron chi connectivity index (χ2n) is 8.41. The molecule has 1 aliphatic rings. The summed E-state index contributed by atoms with van der Waals surface area (Å²) in [7, 11) is 1.77. The number of hydrogen-bond donors (Lipinski definition) is 2. The van der Waals surface area contributed by atoms with E-state index in [2.05, 4.69) is 10.6 Å². The third-order valence-electron chi connectivity index (χ3n) is 4.74. The highest BCUT2D eigenvalue weighted by atomic mass is 35.5. The van der Waals surface area contributed by atoms with Crippen molar-refractivity contribution < 1.29 is 9.59 Å². The summed E-state index contributed by atoms with van der Waals surface area (Å²) in [6.07, 6.45) is 0. The summed E-state index contributed by atoms with van der Waals surface area (Å²) in [5.74, 6) is 0. The molecule has 3 rings (SSSR count). The SMILES string of the molecule is CC(c1cccc(Cl)c1)N1C(=O)N(C)Cc2cc(NC(=O)NC(C)(C)C)ccc21. The second-order valence-corrected chi connectivity index (χ2v) is 8.85. The first-order valence-electron chi connectivity index (χ1n) is 9.57. The van der Waals surface area contributed by atoms with Crippen LogP contribution in [0.3, 0.4) is 0 Å². The van der Waals surface area contributed by atoms with Gasteiger partial charge in [0.1, 0.15) is 0 Å². The molecule has 4 amide bonds. The van der Waals surface area contributed by atoms with Gasteiger partial charge in [-0.3, -0.25) is 4.90 Å². The lowest BCUT2D eigenvalue weighted by molar-refractivity contribution is 0.208. The van der Waals surface area contributed by atoms with Crippen molar-refractivity contribution in [3.8, 4) is 0 Å². The standard InChI is InChI=1S/C22H27ClN4O2/c1-14(15-7-6-8-17(23)11-15)27-19-10-9-18(24-20(28)25-22(2,3)4)12-16(19)13-26(5)21(27)29/h6-12,14H,13H2,1-5H3,(H2,24,25,28). The first-order valence-corrected chi connectivity index (χ1v) is 9.95. The molecule has 2 N–H and O–H groups in total. The van der Waals surface area contributed by atoms with E-state index in [0.717, 1.165) is 16.8 Å². The molecule has 2 aromatic carbocycles. The Morgan fingerprint density at radius 2 is 1.90 bits per heavy atom. The monoisotopic (exact) mass is 414 g/mol. The lowest BCUT2D eigenvalue weighted by Crippen LogP contribution is -2.46. The van der Waals surface area contributed by atoms with Crippen LogP contribution in [0, 0.1) is 0 Å². The largest absolute Gasteiger partial charge is 0.333 e. The van der Waals surface area contributed by atoms with Gasteiger partial charge in [0.15, 0.2) is 0 Å². The van der Waals surface area contributed by atoms with Crippen molar-refractivity contribution in [2.45, 2.75) is 45.8 Å². The first-order chi connectivity index (χ1) is 13.5. The van der Waals surface area contributed by atoms with Crippen LogP contribution in [0.1, 0.15) is 44.9 Å². The van der Waals surface area contributed by atoms with Crippen LogP contribution >= 0.6 is 11.6 Å². The van der Waals surface area contributed by atoms with Gasteiger partial charge in [-0.1, -0.05) is 23.7 Å². The van der Waals surface area contributed by atoms with Crippen molar-refractivity contribution in [1.82, 2.24) is 10.2 Å². The Bertz CT molecular complexity index is 939. The number of carbonyl (C=O) groups excluding carboxylic acids is 2. The molecule has 1 aliphatic heterocycles. The second kappa shape index (κ2) is 7.95. The molecular formula is C22H27ClN4O2. The maximum Gasteiger partial charge on any atom is 0.325 e. The van der Waals surface area contributed by atoms with E-state index >= 15 is 0 Å². The number of carbonyl (C=O) groups is 2. The number of hydrogen-bond acceptors (Lipinski definition) is 2. The molecule has 29 heavy (non-hydrogen) atoms. The summed E-state index contributed by atoms with van der Waals surface area (Å²) in [4.78, 5) is 28.6. The third kappa shape index (κ3) is 4.82. The molecule has 0 fully saturated rings. The molecule has 7 heteroatoms. The number of nitrogens with zero attached hydrogens (tertiary/aromatic N) is 2. The fourth-order valence-corrected chi connectivity index (χ4v) is 3.63. The fraction of sp³-hybridized carbons (Fsp3) is 0.364. The minimum Gasteiger partial charge on any atom is -0.333 e. The predicted molar refractivity (Wildman–Crippen MR) is 118 cm³/mol. The Hall–Kier alpha value is -2.73. The molecule has 154 valence electrons. The fourth-order valence-electron chi connectivity index (χ4n) is 3.43. The number of rotatable bonds is 3. The molecule has 1 atom stereocenters. The third-order valence-corrected chi connectivity index (χ3v) is 4.98. The normalized spacial score (nSPS) is 15.0. The number of anilines is 2. The van der Waals surface area contributed by atoms with Gasteiger partial charge in [-0.15, -0.1) is 0 Å². The average Bonchev–Trinajstić information content (AvgIpc) is 2.61. The molecule has 2 aromatic rings. The van der Waals surface area contributed by atoms with Gasteiger partial charge in [-0.2, -0.15) is 0 Å². The van der Waals surface area contributed by atoms with Crippen LogP contribution in [-0.2, 0) is 6.54 Å². The first kappa shape index (κ1) is 21.0. The Morgan fingerprint density at radius 3 is 2.55 bits per heavy atom.